The van der Waals surface area contributed by atoms with E-state index in [2.05, 4.69) is 94.2 Å². The predicted octanol–water partition coefficient (Wildman–Crippen LogP) is 6.11. The molecule has 2 heterocycles. The smallest absolute Gasteiger partial charge is 0.273 e. The molecule has 0 bridgehead atoms. The molecule has 0 saturated heterocycles. The zero-order valence-corrected chi connectivity index (χ0v) is 19.6. The van der Waals surface area contributed by atoms with Crippen LogP contribution in [0.15, 0.2) is 10.9 Å². The first-order valence-electron chi connectivity index (χ1n) is 10.2. The molecule has 2 aromatic heterocycles. The highest BCUT2D eigenvalue weighted by Crippen LogP contribution is 2.41. The van der Waals surface area contributed by atoms with Gasteiger partial charge < -0.3 is 0 Å². The normalized spacial score (nSPS) is 14.2. The van der Waals surface area contributed by atoms with E-state index in [-0.39, 0.29) is 27.2 Å². The molecule has 1 N–H and O–H groups in total. The Labute approximate surface area is 165 Å². The lowest BCUT2D eigenvalue weighted by Gasteiger charge is -2.36. The number of pyridine rings is 1. The SMILES string of the molecule is CC(C)(C)Cc1cc2c(C(C)(C)C)c(C(C)(C)C)c(C(C)(C)C)c(=O)n2[nH]1. The standard InChI is InChI=1S/C24H40N2O/c1-21(2,3)14-15-13-16-17(22(4,5)6)18(23(7,8)9)19(24(10,11)12)20(27)26(16)25-15/h13,25H,14H2,1-12H3. The van der Waals surface area contributed by atoms with E-state index < -0.39 is 0 Å². The minimum Gasteiger partial charge on any atom is -0.295 e. The van der Waals surface area contributed by atoms with Gasteiger partial charge in [-0.1, -0.05) is 83.1 Å². The van der Waals surface area contributed by atoms with Gasteiger partial charge in [0, 0.05) is 11.3 Å². The molecule has 0 saturated carbocycles. The van der Waals surface area contributed by atoms with Crippen molar-refractivity contribution in [3.05, 3.63) is 38.8 Å². The second kappa shape index (κ2) is 6.25. The van der Waals surface area contributed by atoms with Crippen molar-refractivity contribution in [2.45, 2.75) is 106 Å². The van der Waals surface area contributed by atoms with Gasteiger partial charge in [-0.15, -0.1) is 0 Å². The topological polar surface area (TPSA) is 37.3 Å². The van der Waals surface area contributed by atoms with Gasteiger partial charge in [-0.2, -0.15) is 0 Å². The van der Waals surface area contributed by atoms with Crippen LogP contribution in [-0.2, 0) is 22.7 Å². The molecule has 0 fully saturated rings. The second-order valence-corrected chi connectivity index (χ2v) is 12.4. The average molecular weight is 373 g/mol. The Bertz CT molecular complexity index is 898. The minimum atomic E-state index is -0.226. The molecule has 3 heteroatoms. The Morgan fingerprint density at radius 1 is 0.741 bits per heavy atom. The van der Waals surface area contributed by atoms with Gasteiger partial charge in [-0.3, -0.25) is 9.89 Å². The summed E-state index contributed by atoms with van der Waals surface area (Å²) in [5.74, 6) is 0. The van der Waals surface area contributed by atoms with Crippen molar-refractivity contribution in [2.24, 2.45) is 5.41 Å². The molecular formula is C24H40N2O. The lowest BCUT2D eigenvalue weighted by molar-refractivity contribution is 0.405. The fraction of sp³-hybridized carbons (Fsp3) is 0.708. The van der Waals surface area contributed by atoms with Gasteiger partial charge >= 0.3 is 0 Å². The van der Waals surface area contributed by atoms with E-state index in [1.54, 1.807) is 4.52 Å². The van der Waals surface area contributed by atoms with Crippen molar-refractivity contribution >= 4 is 5.52 Å². The van der Waals surface area contributed by atoms with E-state index in [9.17, 15) is 4.79 Å². The van der Waals surface area contributed by atoms with Crippen LogP contribution in [0.3, 0.4) is 0 Å². The van der Waals surface area contributed by atoms with Gasteiger partial charge in [-0.25, -0.2) is 4.52 Å². The number of aromatic amines is 1. The van der Waals surface area contributed by atoms with Crippen LogP contribution in [0.1, 0.15) is 105 Å². The Morgan fingerprint density at radius 2 is 1.19 bits per heavy atom. The van der Waals surface area contributed by atoms with Crippen molar-refractivity contribution < 1.29 is 0 Å². The summed E-state index contributed by atoms with van der Waals surface area (Å²) in [6, 6.07) is 2.20. The highest BCUT2D eigenvalue weighted by atomic mass is 16.1. The molecule has 0 aliphatic carbocycles. The third-order valence-corrected chi connectivity index (χ3v) is 4.95. The number of H-pyrrole nitrogens is 1. The fourth-order valence-electron chi connectivity index (χ4n) is 4.15. The Hall–Kier alpha value is -1.51. The van der Waals surface area contributed by atoms with Crippen molar-refractivity contribution in [1.29, 1.82) is 0 Å². The first-order chi connectivity index (χ1) is 11.8. The molecular weight excluding hydrogens is 332 g/mol. The van der Waals surface area contributed by atoms with Gasteiger partial charge in [0.25, 0.3) is 5.56 Å². The predicted molar refractivity (Wildman–Crippen MR) is 117 cm³/mol. The molecule has 0 amide bonds. The first kappa shape index (κ1) is 21.8. The van der Waals surface area contributed by atoms with Gasteiger partial charge in [0.05, 0.1) is 5.52 Å². The highest BCUT2D eigenvalue weighted by molar-refractivity contribution is 5.65. The van der Waals surface area contributed by atoms with E-state index in [1.807, 2.05) is 0 Å². The summed E-state index contributed by atoms with van der Waals surface area (Å²) >= 11 is 0. The molecule has 27 heavy (non-hydrogen) atoms. The maximum Gasteiger partial charge on any atom is 0.273 e. The van der Waals surface area contributed by atoms with Crippen LogP contribution in [0.25, 0.3) is 5.52 Å². The summed E-state index contributed by atoms with van der Waals surface area (Å²) in [7, 11) is 0. The molecule has 2 rings (SSSR count). The number of hydrogen-bond acceptors (Lipinski definition) is 1. The first-order valence-corrected chi connectivity index (χ1v) is 10.2. The number of nitrogens with zero attached hydrogens (tertiary/aromatic N) is 1. The number of fused-ring (bicyclic) bond motifs is 1. The molecule has 0 spiro atoms. The summed E-state index contributed by atoms with van der Waals surface area (Å²) < 4.78 is 1.80. The molecule has 152 valence electrons. The summed E-state index contributed by atoms with van der Waals surface area (Å²) in [5.41, 5.74) is 5.44. The van der Waals surface area contributed by atoms with E-state index in [0.29, 0.717) is 0 Å². The zero-order chi connectivity index (χ0) is 21.2. The Morgan fingerprint density at radius 3 is 1.56 bits per heavy atom. The van der Waals surface area contributed by atoms with Crippen LogP contribution in [0.5, 0.6) is 0 Å². The van der Waals surface area contributed by atoms with Gasteiger partial charge in [0.2, 0.25) is 0 Å². The third kappa shape index (κ3) is 4.33. The van der Waals surface area contributed by atoms with Crippen molar-refractivity contribution in [3.63, 3.8) is 0 Å². The number of rotatable bonds is 1. The minimum absolute atomic E-state index is 0.0667. The quantitative estimate of drug-likeness (QED) is 0.644. The van der Waals surface area contributed by atoms with Crippen LogP contribution >= 0.6 is 0 Å². The Balaban J connectivity index is 3.10. The van der Waals surface area contributed by atoms with Gasteiger partial charge in [-0.05, 0) is 45.3 Å². The van der Waals surface area contributed by atoms with E-state index >= 15 is 0 Å². The molecule has 2 aromatic rings. The van der Waals surface area contributed by atoms with E-state index in [0.717, 1.165) is 23.2 Å². The maximum atomic E-state index is 13.6. The highest BCUT2D eigenvalue weighted by Gasteiger charge is 2.36. The summed E-state index contributed by atoms with van der Waals surface area (Å²) in [5, 5.41) is 3.43. The summed E-state index contributed by atoms with van der Waals surface area (Å²) in [6.45, 7) is 26.6. The van der Waals surface area contributed by atoms with Crippen LogP contribution in [0, 0.1) is 5.41 Å². The molecule has 0 radical (unpaired) electrons. The largest absolute Gasteiger partial charge is 0.295 e. The summed E-state index contributed by atoms with van der Waals surface area (Å²) in [6.07, 6.45) is 0.910. The van der Waals surface area contributed by atoms with Crippen LogP contribution < -0.4 is 5.56 Å². The number of aromatic nitrogens is 2. The summed E-state index contributed by atoms with van der Waals surface area (Å²) in [4.78, 5) is 13.6. The van der Waals surface area contributed by atoms with Crippen LogP contribution in [0.4, 0.5) is 0 Å². The number of hydrogen-bond donors (Lipinski definition) is 1. The zero-order valence-electron chi connectivity index (χ0n) is 19.6. The van der Waals surface area contributed by atoms with Crippen LogP contribution in [0.2, 0.25) is 0 Å². The second-order valence-electron chi connectivity index (χ2n) is 12.4. The lowest BCUT2D eigenvalue weighted by atomic mass is 9.69. The third-order valence-electron chi connectivity index (χ3n) is 4.95. The van der Waals surface area contributed by atoms with Crippen molar-refractivity contribution in [3.8, 4) is 0 Å². The monoisotopic (exact) mass is 372 g/mol. The fourth-order valence-corrected chi connectivity index (χ4v) is 4.15. The molecule has 3 nitrogen and oxygen atoms in total. The van der Waals surface area contributed by atoms with E-state index in [4.69, 9.17) is 0 Å². The Kier molecular flexibility index (Phi) is 5.04. The van der Waals surface area contributed by atoms with Crippen molar-refractivity contribution in [2.75, 3.05) is 0 Å². The van der Waals surface area contributed by atoms with Gasteiger partial charge in [0.15, 0.2) is 0 Å². The molecule has 0 aromatic carbocycles. The van der Waals surface area contributed by atoms with Crippen LogP contribution in [-0.4, -0.2) is 9.61 Å². The molecule has 0 unspecified atom stereocenters. The maximum absolute atomic E-state index is 13.6. The molecule has 0 aliphatic rings. The lowest BCUT2D eigenvalue weighted by Crippen LogP contribution is -2.37. The van der Waals surface area contributed by atoms with Crippen molar-refractivity contribution in [1.82, 2.24) is 9.61 Å². The van der Waals surface area contributed by atoms with Gasteiger partial charge in [0.1, 0.15) is 0 Å². The van der Waals surface area contributed by atoms with E-state index in [1.165, 1.54) is 11.1 Å². The number of nitrogens with one attached hydrogen (secondary N) is 1. The molecule has 0 atom stereocenters. The average Bonchev–Trinajstić information content (AvgIpc) is 2.74. The molecule has 0 aliphatic heterocycles.